The Morgan fingerprint density at radius 1 is 1.60 bits per heavy atom. The highest BCUT2D eigenvalue weighted by Crippen LogP contribution is 2.16. The van der Waals surface area contributed by atoms with Gasteiger partial charge < -0.3 is 4.74 Å². The number of carbonyl (C=O) groups is 1. The molecule has 0 spiro atoms. The van der Waals surface area contributed by atoms with Gasteiger partial charge in [0.1, 0.15) is 0 Å². The van der Waals surface area contributed by atoms with E-state index >= 15 is 0 Å². The monoisotopic (exact) mass is 208 g/mol. The summed E-state index contributed by atoms with van der Waals surface area (Å²) in [4.78, 5) is 11.3. The first-order valence-corrected chi connectivity index (χ1v) is 4.53. The van der Waals surface area contributed by atoms with Crippen LogP contribution in [-0.2, 0) is 4.74 Å². The number of hydrogen-bond acceptors (Lipinski definition) is 3. The van der Waals surface area contributed by atoms with Gasteiger partial charge in [0.15, 0.2) is 0 Å². The molecule has 2 aromatic rings. The second-order valence-electron chi connectivity index (χ2n) is 2.99. The van der Waals surface area contributed by atoms with Crippen LogP contribution >= 0.6 is 0 Å². The number of ether oxygens (including phenoxy) is 1. The third-order valence-corrected chi connectivity index (χ3v) is 2.02. The molecule has 1 N–H and O–H groups in total. The van der Waals surface area contributed by atoms with Gasteiger partial charge in [-0.1, -0.05) is 0 Å². The Morgan fingerprint density at radius 2 is 2.40 bits per heavy atom. The molecule has 0 radical (unpaired) electrons. The Kier molecular flexibility index (Phi) is 2.37. The molecular formula is C10H9FN2O2. The molecule has 15 heavy (non-hydrogen) atoms. The fourth-order valence-electron chi connectivity index (χ4n) is 1.32. The smallest absolute Gasteiger partial charge is 0.338 e. The SMILES string of the molecule is CCOC(=O)c1ccc2n[nH]c(F)c2c1. The number of aromatic amines is 1. The van der Waals surface area contributed by atoms with Gasteiger partial charge in [0, 0.05) is 0 Å². The van der Waals surface area contributed by atoms with Crippen molar-refractivity contribution in [1.82, 2.24) is 10.2 Å². The predicted molar refractivity (Wildman–Crippen MR) is 52.0 cm³/mol. The molecule has 0 aliphatic heterocycles. The molecule has 0 fully saturated rings. The maximum atomic E-state index is 13.1. The number of carbonyl (C=O) groups excluding carboxylic acids is 1. The molecule has 4 nitrogen and oxygen atoms in total. The van der Waals surface area contributed by atoms with Crippen molar-refractivity contribution >= 4 is 16.9 Å². The van der Waals surface area contributed by atoms with Crippen LogP contribution in [-0.4, -0.2) is 22.8 Å². The van der Waals surface area contributed by atoms with Gasteiger partial charge in [0.25, 0.3) is 0 Å². The highest BCUT2D eigenvalue weighted by molar-refractivity contribution is 5.94. The molecule has 0 aliphatic carbocycles. The van der Waals surface area contributed by atoms with Crippen molar-refractivity contribution in [1.29, 1.82) is 0 Å². The topological polar surface area (TPSA) is 55.0 Å². The molecule has 0 saturated carbocycles. The quantitative estimate of drug-likeness (QED) is 0.766. The van der Waals surface area contributed by atoms with Gasteiger partial charge in [0.05, 0.1) is 23.1 Å². The van der Waals surface area contributed by atoms with Crippen LogP contribution in [0.2, 0.25) is 0 Å². The third kappa shape index (κ3) is 1.68. The van der Waals surface area contributed by atoms with Crippen LogP contribution in [0.15, 0.2) is 18.2 Å². The van der Waals surface area contributed by atoms with E-state index in [0.717, 1.165) is 0 Å². The van der Waals surface area contributed by atoms with E-state index in [2.05, 4.69) is 10.2 Å². The lowest BCUT2D eigenvalue weighted by Gasteiger charge is -2.00. The van der Waals surface area contributed by atoms with E-state index in [1.54, 1.807) is 19.1 Å². The van der Waals surface area contributed by atoms with Crippen LogP contribution < -0.4 is 0 Å². The largest absolute Gasteiger partial charge is 0.462 e. The van der Waals surface area contributed by atoms with E-state index in [4.69, 9.17) is 4.74 Å². The first-order chi connectivity index (χ1) is 7.22. The first-order valence-electron chi connectivity index (χ1n) is 4.53. The number of hydrogen-bond donors (Lipinski definition) is 1. The van der Waals surface area contributed by atoms with Crippen molar-refractivity contribution in [2.24, 2.45) is 0 Å². The number of benzene rings is 1. The van der Waals surface area contributed by atoms with Gasteiger partial charge in [-0.3, -0.25) is 5.10 Å². The van der Waals surface area contributed by atoms with Gasteiger partial charge in [-0.2, -0.15) is 9.49 Å². The summed E-state index contributed by atoms with van der Waals surface area (Å²) in [6.07, 6.45) is 0. The Balaban J connectivity index is 2.45. The van der Waals surface area contributed by atoms with Crippen molar-refractivity contribution < 1.29 is 13.9 Å². The van der Waals surface area contributed by atoms with Crippen LogP contribution in [0.1, 0.15) is 17.3 Å². The summed E-state index contributed by atoms with van der Waals surface area (Å²) >= 11 is 0. The lowest BCUT2D eigenvalue weighted by atomic mass is 10.1. The fourth-order valence-corrected chi connectivity index (χ4v) is 1.32. The van der Waals surface area contributed by atoms with Crippen LogP contribution in [0.5, 0.6) is 0 Å². The number of fused-ring (bicyclic) bond motifs is 1. The second-order valence-corrected chi connectivity index (χ2v) is 2.99. The van der Waals surface area contributed by atoms with Gasteiger partial charge in [-0.15, -0.1) is 0 Å². The maximum absolute atomic E-state index is 13.1. The first kappa shape index (κ1) is 9.64. The molecule has 1 aromatic heterocycles. The minimum absolute atomic E-state index is 0.292. The molecule has 0 bridgehead atoms. The van der Waals surface area contributed by atoms with Crippen LogP contribution in [0.25, 0.3) is 10.9 Å². The Bertz CT molecular complexity index is 507. The number of aromatic nitrogens is 2. The maximum Gasteiger partial charge on any atom is 0.338 e. The van der Waals surface area contributed by atoms with E-state index < -0.39 is 11.9 Å². The third-order valence-electron chi connectivity index (χ3n) is 2.02. The lowest BCUT2D eigenvalue weighted by Crippen LogP contribution is -2.04. The molecule has 78 valence electrons. The number of nitrogens with one attached hydrogen (secondary N) is 1. The predicted octanol–water partition coefficient (Wildman–Crippen LogP) is 1.88. The standard InChI is InChI=1S/C10H9FN2O2/c1-2-15-10(14)6-3-4-8-7(5-6)9(11)13-12-8/h3-5H,2H2,1H3,(H,12,13). The van der Waals surface area contributed by atoms with E-state index in [0.29, 0.717) is 23.1 Å². The van der Waals surface area contributed by atoms with E-state index in [9.17, 15) is 9.18 Å². The summed E-state index contributed by atoms with van der Waals surface area (Å²) in [6, 6.07) is 4.55. The molecule has 0 unspecified atom stereocenters. The zero-order chi connectivity index (χ0) is 10.8. The van der Waals surface area contributed by atoms with E-state index in [1.807, 2.05) is 0 Å². The summed E-state index contributed by atoms with van der Waals surface area (Å²) in [6.45, 7) is 2.01. The number of esters is 1. The van der Waals surface area contributed by atoms with Crippen LogP contribution in [0.3, 0.4) is 0 Å². The number of halogens is 1. The number of H-pyrrole nitrogens is 1. The molecule has 0 amide bonds. The zero-order valence-corrected chi connectivity index (χ0v) is 8.08. The molecule has 0 atom stereocenters. The second kappa shape index (κ2) is 3.68. The summed E-state index contributed by atoms with van der Waals surface area (Å²) < 4.78 is 17.9. The number of nitrogens with zero attached hydrogens (tertiary/aromatic N) is 1. The summed E-state index contributed by atoms with van der Waals surface area (Å²) in [5.41, 5.74) is 0.810. The molecule has 0 aliphatic rings. The average molecular weight is 208 g/mol. The molecule has 1 aromatic carbocycles. The fraction of sp³-hybridized carbons (Fsp3) is 0.200. The van der Waals surface area contributed by atoms with Gasteiger partial charge in [-0.25, -0.2) is 4.79 Å². The molecule has 1 heterocycles. The Hall–Kier alpha value is -1.91. The summed E-state index contributed by atoms with van der Waals surface area (Å²) in [5, 5.41) is 6.21. The Morgan fingerprint density at radius 3 is 3.13 bits per heavy atom. The normalized spacial score (nSPS) is 10.5. The van der Waals surface area contributed by atoms with Crippen molar-refractivity contribution in [3.63, 3.8) is 0 Å². The molecule has 2 rings (SSSR count). The van der Waals surface area contributed by atoms with Crippen molar-refractivity contribution in [2.45, 2.75) is 6.92 Å². The lowest BCUT2D eigenvalue weighted by molar-refractivity contribution is 0.0526. The summed E-state index contributed by atoms with van der Waals surface area (Å²) in [5.74, 6) is -1.00. The van der Waals surface area contributed by atoms with Crippen LogP contribution in [0.4, 0.5) is 4.39 Å². The van der Waals surface area contributed by atoms with Gasteiger partial charge >= 0.3 is 5.97 Å². The minimum Gasteiger partial charge on any atom is -0.462 e. The van der Waals surface area contributed by atoms with Crippen molar-refractivity contribution in [3.8, 4) is 0 Å². The summed E-state index contributed by atoms with van der Waals surface area (Å²) in [7, 11) is 0. The van der Waals surface area contributed by atoms with Crippen LogP contribution in [0, 0.1) is 5.95 Å². The van der Waals surface area contributed by atoms with Crippen molar-refractivity contribution in [3.05, 3.63) is 29.7 Å². The van der Waals surface area contributed by atoms with E-state index in [1.165, 1.54) is 6.07 Å². The highest BCUT2D eigenvalue weighted by atomic mass is 19.1. The van der Waals surface area contributed by atoms with Gasteiger partial charge in [0.2, 0.25) is 5.95 Å². The van der Waals surface area contributed by atoms with E-state index in [-0.39, 0.29) is 0 Å². The highest BCUT2D eigenvalue weighted by Gasteiger charge is 2.10. The minimum atomic E-state index is -0.545. The van der Waals surface area contributed by atoms with Gasteiger partial charge in [-0.05, 0) is 25.1 Å². The number of rotatable bonds is 2. The molecule has 0 saturated heterocycles. The zero-order valence-electron chi connectivity index (χ0n) is 8.08. The Labute approximate surface area is 85.0 Å². The van der Waals surface area contributed by atoms with Crippen molar-refractivity contribution in [2.75, 3.05) is 6.61 Å². The molecular weight excluding hydrogens is 199 g/mol. The molecule has 5 heteroatoms. The average Bonchev–Trinajstić information content (AvgIpc) is 2.60.